The average molecular weight is 388 g/mol. The van der Waals surface area contributed by atoms with Crippen LogP contribution in [-0.4, -0.2) is 32.9 Å². The lowest BCUT2D eigenvalue weighted by Crippen LogP contribution is -2.20. The second-order valence-electron chi connectivity index (χ2n) is 7.11. The van der Waals surface area contributed by atoms with Gasteiger partial charge in [0, 0.05) is 16.0 Å². The first-order chi connectivity index (χ1) is 12.5. The number of rotatable bonds is 5. The van der Waals surface area contributed by atoms with E-state index in [9.17, 15) is 0 Å². The fraction of sp³-hybridized carbons (Fsp3) is 0.526. The maximum atomic E-state index is 4.93. The van der Waals surface area contributed by atoms with E-state index in [0.717, 1.165) is 46.5 Å². The van der Waals surface area contributed by atoms with Crippen LogP contribution in [0.1, 0.15) is 52.0 Å². The molecule has 1 aliphatic heterocycles. The standard InChI is InChI=1S/C19H25N5S2/c1-11-9-20-18(25-11)13(3)21-17-16-12(2)14(4)26-19(16)23-15(22-17)10-24-7-5-6-8-24/h9,13H,5-8,10H2,1-4H3,(H,21,22,23). The van der Waals surface area contributed by atoms with E-state index in [2.05, 4.69) is 42.9 Å². The normalized spacial score (nSPS) is 16.5. The number of aryl methyl sites for hydroxylation is 3. The second-order valence-corrected chi connectivity index (χ2v) is 9.58. The Balaban J connectivity index is 1.70. The largest absolute Gasteiger partial charge is 0.360 e. The fourth-order valence-corrected chi connectivity index (χ4v) is 5.27. The van der Waals surface area contributed by atoms with Crippen molar-refractivity contribution in [2.75, 3.05) is 18.4 Å². The summed E-state index contributed by atoms with van der Waals surface area (Å²) in [6.07, 6.45) is 4.50. The van der Waals surface area contributed by atoms with Crippen LogP contribution < -0.4 is 5.32 Å². The molecule has 0 aliphatic carbocycles. The van der Waals surface area contributed by atoms with Crippen molar-refractivity contribution in [3.63, 3.8) is 0 Å². The summed E-state index contributed by atoms with van der Waals surface area (Å²) >= 11 is 3.51. The molecule has 138 valence electrons. The highest BCUT2D eigenvalue weighted by Gasteiger charge is 2.20. The van der Waals surface area contributed by atoms with Gasteiger partial charge in [-0.25, -0.2) is 15.0 Å². The minimum absolute atomic E-state index is 0.131. The molecule has 1 saturated heterocycles. The van der Waals surface area contributed by atoms with E-state index < -0.39 is 0 Å². The van der Waals surface area contributed by atoms with E-state index in [1.807, 2.05) is 6.20 Å². The molecule has 0 saturated carbocycles. The summed E-state index contributed by atoms with van der Waals surface area (Å²) in [7, 11) is 0. The Morgan fingerprint density at radius 1 is 1.15 bits per heavy atom. The van der Waals surface area contributed by atoms with E-state index in [0.29, 0.717) is 0 Å². The quantitative estimate of drug-likeness (QED) is 0.679. The molecule has 4 rings (SSSR count). The van der Waals surface area contributed by atoms with Crippen molar-refractivity contribution in [2.45, 2.75) is 53.1 Å². The Kier molecular flexibility index (Phi) is 4.94. The summed E-state index contributed by atoms with van der Waals surface area (Å²) in [6, 6.07) is 0.131. The van der Waals surface area contributed by atoms with Crippen LogP contribution in [0.4, 0.5) is 5.82 Å². The molecule has 1 fully saturated rings. The van der Waals surface area contributed by atoms with Crippen LogP contribution in [0, 0.1) is 20.8 Å². The third-order valence-corrected chi connectivity index (χ3v) is 7.20. The van der Waals surface area contributed by atoms with E-state index in [-0.39, 0.29) is 6.04 Å². The molecular weight excluding hydrogens is 362 g/mol. The zero-order chi connectivity index (χ0) is 18.3. The highest BCUT2D eigenvalue weighted by molar-refractivity contribution is 7.18. The van der Waals surface area contributed by atoms with E-state index in [1.54, 1.807) is 22.7 Å². The number of hydrogen-bond acceptors (Lipinski definition) is 7. The number of nitrogens with one attached hydrogen (secondary N) is 1. The highest BCUT2D eigenvalue weighted by atomic mass is 32.1. The number of nitrogens with zero attached hydrogens (tertiary/aromatic N) is 4. The van der Waals surface area contributed by atoms with Crippen LogP contribution in [0.2, 0.25) is 0 Å². The molecule has 7 heteroatoms. The summed E-state index contributed by atoms with van der Waals surface area (Å²) in [5.41, 5.74) is 1.28. The van der Waals surface area contributed by atoms with Gasteiger partial charge in [-0.15, -0.1) is 22.7 Å². The minimum Gasteiger partial charge on any atom is -0.360 e. The van der Waals surface area contributed by atoms with E-state index in [1.165, 1.54) is 28.2 Å². The second kappa shape index (κ2) is 7.21. The topological polar surface area (TPSA) is 53.9 Å². The average Bonchev–Trinajstić information content (AvgIpc) is 3.30. The zero-order valence-corrected chi connectivity index (χ0v) is 17.4. The predicted octanol–water partition coefficient (Wildman–Crippen LogP) is 4.84. The SMILES string of the molecule is Cc1cnc(C(C)Nc2nc(CN3CCCC3)nc3sc(C)c(C)c23)s1. The molecule has 3 aromatic heterocycles. The van der Waals surface area contributed by atoms with Crippen molar-refractivity contribution in [1.82, 2.24) is 19.9 Å². The first-order valence-corrected chi connectivity index (χ1v) is 10.8. The summed E-state index contributed by atoms with van der Waals surface area (Å²) in [5, 5.41) is 5.88. The van der Waals surface area contributed by atoms with Gasteiger partial charge in [0.1, 0.15) is 21.5 Å². The monoisotopic (exact) mass is 387 g/mol. The number of anilines is 1. The fourth-order valence-electron chi connectivity index (χ4n) is 3.45. The van der Waals surface area contributed by atoms with Crippen molar-refractivity contribution < 1.29 is 0 Å². The maximum Gasteiger partial charge on any atom is 0.146 e. The number of thiophene rings is 1. The summed E-state index contributed by atoms with van der Waals surface area (Å²) in [5.74, 6) is 1.87. The first kappa shape index (κ1) is 17.8. The van der Waals surface area contributed by atoms with Gasteiger partial charge >= 0.3 is 0 Å². The number of aromatic nitrogens is 3. The van der Waals surface area contributed by atoms with Crippen LogP contribution in [-0.2, 0) is 6.54 Å². The molecule has 0 amide bonds. The Labute approximate surface area is 162 Å². The number of likely N-dealkylation sites (tertiary alicyclic amines) is 1. The lowest BCUT2D eigenvalue weighted by molar-refractivity contribution is 0.323. The smallest absolute Gasteiger partial charge is 0.146 e. The molecule has 5 nitrogen and oxygen atoms in total. The minimum atomic E-state index is 0.131. The van der Waals surface area contributed by atoms with Gasteiger partial charge < -0.3 is 5.32 Å². The Bertz CT molecular complexity index is 924. The Morgan fingerprint density at radius 2 is 1.92 bits per heavy atom. The van der Waals surface area contributed by atoms with Crippen LogP contribution in [0.3, 0.4) is 0 Å². The number of hydrogen-bond donors (Lipinski definition) is 1. The van der Waals surface area contributed by atoms with Crippen molar-refractivity contribution in [3.05, 3.63) is 32.3 Å². The summed E-state index contributed by atoms with van der Waals surface area (Å²) < 4.78 is 0. The van der Waals surface area contributed by atoms with Gasteiger partial charge in [-0.2, -0.15) is 0 Å². The predicted molar refractivity (Wildman–Crippen MR) is 110 cm³/mol. The van der Waals surface area contributed by atoms with Crippen molar-refractivity contribution >= 4 is 38.7 Å². The van der Waals surface area contributed by atoms with Gasteiger partial charge in [0.15, 0.2) is 0 Å². The molecular formula is C19H25N5S2. The summed E-state index contributed by atoms with van der Waals surface area (Å²) in [4.78, 5) is 20.4. The lowest BCUT2D eigenvalue weighted by Gasteiger charge is -2.17. The van der Waals surface area contributed by atoms with Gasteiger partial charge in [0.05, 0.1) is 18.0 Å². The lowest BCUT2D eigenvalue weighted by atomic mass is 10.2. The van der Waals surface area contributed by atoms with Crippen LogP contribution in [0.25, 0.3) is 10.2 Å². The maximum absolute atomic E-state index is 4.93. The van der Waals surface area contributed by atoms with E-state index >= 15 is 0 Å². The van der Waals surface area contributed by atoms with Crippen LogP contribution in [0.5, 0.6) is 0 Å². The van der Waals surface area contributed by atoms with Crippen LogP contribution in [0.15, 0.2) is 6.20 Å². The van der Waals surface area contributed by atoms with Crippen LogP contribution >= 0.6 is 22.7 Å². The Hall–Kier alpha value is -1.57. The van der Waals surface area contributed by atoms with Gasteiger partial charge in [-0.05, 0) is 59.2 Å². The van der Waals surface area contributed by atoms with E-state index in [4.69, 9.17) is 9.97 Å². The van der Waals surface area contributed by atoms with Gasteiger partial charge in [-0.3, -0.25) is 4.90 Å². The third-order valence-electron chi connectivity index (χ3n) is 5.00. The molecule has 0 spiro atoms. The van der Waals surface area contributed by atoms with Crippen molar-refractivity contribution in [2.24, 2.45) is 0 Å². The molecule has 4 heterocycles. The molecule has 1 aliphatic rings. The van der Waals surface area contributed by atoms with Crippen molar-refractivity contribution in [1.29, 1.82) is 0 Å². The molecule has 0 aromatic carbocycles. The number of thiazole rings is 1. The Morgan fingerprint density at radius 3 is 2.62 bits per heavy atom. The van der Waals surface area contributed by atoms with Crippen molar-refractivity contribution in [3.8, 4) is 0 Å². The first-order valence-electron chi connectivity index (χ1n) is 9.19. The molecule has 26 heavy (non-hydrogen) atoms. The molecule has 1 unspecified atom stereocenters. The zero-order valence-electron chi connectivity index (χ0n) is 15.8. The van der Waals surface area contributed by atoms with Gasteiger partial charge in [0.2, 0.25) is 0 Å². The molecule has 1 N–H and O–H groups in total. The molecule has 3 aromatic rings. The summed E-state index contributed by atoms with van der Waals surface area (Å²) in [6.45, 7) is 11.7. The highest BCUT2D eigenvalue weighted by Crippen LogP contribution is 2.35. The molecule has 1 atom stereocenters. The number of fused-ring (bicyclic) bond motifs is 1. The van der Waals surface area contributed by atoms with Gasteiger partial charge in [-0.1, -0.05) is 0 Å². The molecule has 0 radical (unpaired) electrons. The third kappa shape index (κ3) is 3.48. The van der Waals surface area contributed by atoms with Gasteiger partial charge in [0.25, 0.3) is 0 Å². The molecule has 0 bridgehead atoms.